The molecule has 1 unspecified atom stereocenters. The topological polar surface area (TPSA) is 28.4 Å². The van der Waals surface area contributed by atoms with Crippen molar-refractivity contribution in [2.24, 2.45) is 0 Å². The van der Waals surface area contributed by atoms with E-state index in [4.69, 9.17) is 4.42 Å². The maximum Gasteiger partial charge on any atom is 0.142 e. The van der Waals surface area contributed by atoms with E-state index in [0.29, 0.717) is 0 Å². The highest BCUT2D eigenvalue weighted by Gasteiger charge is 2.36. The van der Waals surface area contributed by atoms with Gasteiger partial charge < -0.3 is 14.6 Å². The van der Waals surface area contributed by atoms with Crippen molar-refractivity contribution in [2.75, 3.05) is 10.2 Å². The molecule has 3 nitrogen and oxygen atoms in total. The SMILES string of the molecule is CC(C)(C)c1ccc(N2c3ccc4ccccc4c3NC2c2cccc3c2oc2c4c(ccc23)CCCC4)c(-c2ccccc2)c1. The zero-order chi connectivity index (χ0) is 31.0. The Morgan fingerprint density at radius 3 is 2.30 bits per heavy atom. The van der Waals surface area contributed by atoms with Crippen molar-refractivity contribution < 1.29 is 4.42 Å². The molecule has 46 heavy (non-hydrogen) atoms. The molecule has 1 aromatic heterocycles. The number of nitrogens with zero attached hydrogens (tertiary/aromatic N) is 1. The molecule has 1 aliphatic carbocycles. The molecule has 2 aliphatic rings. The van der Waals surface area contributed by atoms with E-state index in [1.807, 2.05) is 0 Å². The van der Waals surface area contributed by atoms with Gasteiger partial charge in [0.2, 0.25) is 0 Å². The molecule has 0 amide bonds. The Hall–Kier alpha value is -5.02. The number of aryl methyl sites for hydroxylation is 2. The molecule has 1 atom stereocenters. The minimum Gasteiger partial charge on any atom is -0.455 e. The van der Waals surface area contributed by atoms with E-state index in [9.17, 15) is 0 Å². The number of hydrogen-bond donors (Lipinski definition) is 1. The molecular formula is C43H38N2O. The van der Waals surface area contributed by atoms with Crippen LogP contribution in [0.4, 0.5) is 17.1 Å². The number of fused-ring (bicyclic) bond motifs is 8. The fourth-order valence-electron chi connectivity index (χ4n) is 7.82. The molecule has 0 spiro atoms. The predicted molar refractivity (Wildman–Crippen MR) is 193 cm³/mol. The lowest BCUT2D eigenvalue weighted by Gasteiger charge is -2.31. The average Bonchev–Trinajstić information content (AvgIpc) is 3.67. The Kier molecular flexibility index (Phi) is 6.08. The molecule has 3 heteroatoms. The first kappa shape index (κ1) is 27.3. The largest absolute Gasteiger partial charge is 0.455 e. The zero-order valence-electron chi connectivity index (χ0n) is 26.7. The third-order valence-corrected chi connectivity index (χ3v) is 10.2. The van der Waals surface area contributed by atoms with E-state index in [1.165, 1.54) is 73.6 Å². The third-order valence-electron chi connectivity index (χ3n) is 10.2. The molecule has 226 valence electrons. The molecule has 1 N–H and O–H groups in total. The van der Waals surface area contributed by atoms with Crippen LogP contribution in [-0.2, 0) is 18.3 Å². The number of benzene rings is 6. The van der Waals surface area contributed by atoms with Crippen molar-refractivity contribution in [1.82, 2.24) is 0 Å². The highest BCUT2D eigenvalue weighted by Crippen LogP contribution is 2.53. The van der Waals surface area contributed by atoms with Crippen LogP contribution in [0.5, 0.6) is 0 Å². The Labute approximate surface area is 270 Å². The van der Waals surface area contributed by atoms with E-state index in [0.717, 1.165) is 35.3 Å². The lowest BCUT2D eigenvalue weighted by molar-refractivity contribution is 0.590. The Bertz CT molecular complexity index is 2290. The summed E-state index contributed by atoms with van der Waals surface area (Å²) in [5.74, 6) is 0. The monoisotopic (exact) mass is 598 g/mol. The summed E-state index contributed by atoms with van der Waals surface area (Å²) in [6.45, 7) is 6.87. The maximum absolute atomic E-state index is 6.98. The number of nitrogens with one attached hydrogen (secondary N) is 1. The van der Waals surface area contributed by atoms with Gasteiger partial charge in [-0.2, -0.15) is 0 Å². The first-order valence-electron chi connectivity index (χ1n) is 16.7. The van der Waals surface area contributed by atoms with Gasteiger partial charge in [-0.3, -0.25) is 0 Å². The normalized spacial score (nSPS) is 16.2. The summed E-state index contributed by atoms with van der Waals surface area (Å²) < 4.78 is 6.98. The summed E-state index contributed by atoms with van der Waals surface area (Å²) in [6.07, 6.45) is 4.55. The summed E-state index contributed by atoms with van der Waals surface area (Å²) in [7, 11) is 0. The fourth-order valence-corrected chi connectivity index (χ4v) is 7.82. The second-order valence-electron chi connectivity index (χ2n) is 14.1. The zero-order valence-corrected chi connectivity index (χ0v) is 26.7. The van der Waals surface area contributed by atoms with Gasteiger partial charge in [-0.15, -0.1) is 0 Å². The second-order valence-corrected chi connectivity index (χ2v) is 14.1. The number of para-hydroxylation sites is 1. The molecule has 0 fully saturated rings. The lowest BCUT2D eigenvalue weighted by atomic mass is 9.84. The molecule has 9 rings (SSSR count). The number of furan rings is 1. The highest BCUT2D eigenvalue weighted by molar-refractivity contribution is 6.09. The summed E-state index contributed by atoms with van der Waals surface area (Å²) in [4.78, 5) is 2.51. The van der Waals surface area contributed by atoms with E-state index >= 15 is 0 Å². The van der Waals surface area contributed by atoms with Crippen molar-refractivity contribution in [3.05, 3.63) is 138 Å². The van der Waals surface area contributed by atoms with Crippen LogP contribution in [-0.4, -0.2) is 0 Å². The molecule has 6 aromatic carbocycles. The van der Waals surface area contributed by atoms with Crippen LogP contribution in [0.15, 0.2) is 120 Å². The Morgan fingerprint density at radius 1 is 0.674 bits per heavy atom. The molecule has 0 radical (unpaired) electrons. The molecule has 0 saturated carbocycles. The van der Waals surface area contributed by atoms with Crippen molar-refractivity contribution in [1.29, 1.82) is 0 Å². The molecule has 7 aromatic rings. The van der Waals surface area contributed by atoms with Gasteiger partial charge in [-0.05, 0) is 76.9 Å². The smallest absolute Gasteiger partial charge is 0.142 e. The Balaban J connectivity index is 1.31. The first-order valence-corrected chi connectivity index (χ1v) is 16.7. The minimum atomic E-state index is -0.163. The van der Waals surface area contributed by atoms with Crippen molar-refractivity contribution in [3.63, 3.8) is 0 Å². The van der Waals surface area contributed by atoms with E-state index < -0.39 is 0 Å². The molecular weight excluding hydrogens is 560 g/mol. The summed E-state index contributed by atoms with van der Waals surface area (Å²) in [5.41, 5.74) is 13.4. The van der Waals surface area contributed by atoms with Gasteiger partial charge >= 0.3 is 0 Å². The summed E-state index contributed by atoms with van der Waals surface area (Å²) in [6, 6.07) is 42.4. The first-order chi connectivity index (χ1) is 22.5. The van der Waals surface area contributed by atoms with Crippen LogP contribution < -0.4 is 10.2 Å². The van der Waals surface area contributed by atoms with Crippen LogP contribution in [0.25, 0.3) is 43.8 Å². The standard InChI is InChI=1S/C43H38N2O/c1-43(2,3)30-22-25-37(36(26-30)27-12-5-4-6-13-27)45-38-24-21-28-14-7-9-16-31(28)39(38)44-42(45)35-19-11-18-33-34-23-20-29-15-8-10-17-32(29)40(34)46-41(33)35/h4-7,9,11-14,16,18-26,42,44H,8,10,15,17H2,1-3H3. The van der Waals surface area contributed by atoms with Crippen molar-refractivity contribution in [2.45, 2.75) is 58.0 Å². The van der Waals surface area contributed by atoms with E-state index in [1.54, 1.807) is 0 Å². The van der Waals surface area contributed by atoms with Gasteiger partial charge in [0.05, 0.1) is 17.1 Å². The summed E-state index contributed by atoms with van der Waals surface area (Å²) in [5, 5.41) is 8.91. The van der Waals surface area contributed by atoms with Crippen LogP contribution in [0, 0.1) is 0 Å². The molecule has 1 aliphatic heterocycles. The summed E-state index contributed by atoms with van der Waals surface area (Å²) >= 11 is 0. The number of rotatable bonds is 3. The van der Waals surface area contributed by atoms with Gasteiger partial charge in [0.15, 0.2) is 0 Å². The van der Waals surface area contributed by atoms with Crippen LogP contribution in [0.2, 0.25) is 0 Å². The molecule has 0 saturated heterocycles. The average molecular weight is 599 g/mol. The molecule has 0 bridgehead atoms. The predicted octanol–water partition coefficient (Wildman–Crippen LogP) is 11.8. The third kappa shape index (κ3) is 4.18. The Morgan fingerprint density at radius 2 is 1.43 bits per heavy atom. The van der Waals surface area contributed by atoms with Crippen molar-refractivity contribution in [3.8, 4) is 11.1 Å². The van der Waals surface area contributed by atoms with E-state index in [-0.39, 0.29) is 11.6 Å². The van der Waals surface area contributed by atoms with Gasteiger partial charge in [0.25, 0.3) is 0 Å². The van der Waals surface area contributed by atoms with Gasteiger partial charge in [0.1, 0.15) is 17.3 Å². The van der Waals surface area contributed by atoms with Crippen LogP contribution >= 0.6 is 0 Å². The molecule has 2 heterocycles. The highest BCUT2D eigenvalue weighted by atomic mass is 16.3. The van der Waals surface area contributed by atoms with Crippen LogP contribution in [0.3, 0.4) is 0 Å². The maximum atomic E-state index is 6.98. The van der Waals surface area contributed by atoms with E-state index in [2.05, 4.69) is 146 Å². The fraction of sp³-hybridized carbons (Fsp3) is 0.209. The quantitative estimate of drug-likeness (QED) is 0.219. The van der Waals surface area contributed by atoms with Crippen molar-refractivity contribution >= 4 is 49.8 Å². The van der Waals surface area contributed by atoms with Gasteiger partial charge in [-0.25, -0.2) is 0 Å². The number of hydrogen-bond acceptors (Lipinski definition) is 3. The van der Waals surface area contributed by atoms with Crippen LogP contribution in [0.1, 0.15) is 62.0 Å². The lowest BCUT2D eigenvalue weighted by Crippen LogP contribution is -2.24. The second kappa shape index (κ2) is 10.3. The van der Waals surface area contributed by atoms with Gasteiger partial charge in [-0.1, -0.05) is 118 Å². The minimum absolute atomic E-state index is 0.0256. The van der Waals surface area contributed by atoms with Gasteiger partial charge in [0, 0.05) is 27.3 Å². The number of anilines is 3.